The van der Waals surface area contributed by atoms with Crippen molar-refractivity contribution >= 4 is 16.5 Å². The van der Waals surface area contributed by atoms with Crippen molar-refractivity contribution in [3.63, 3.8) is 0 Å². The zero-order valence-corrected chi connectivity index (χ0v) is 16.7. The molecule has 1 nitrogen and oxygen atoms in total. The maximum atomic E-state index is 3.93. The molecule has 0 aliphatic rings. The normalized spacial score (nSPS) is 11.3. The van der Waals surface area contributed by atoms with Crippen molar-refractivity contribution < 1.29 is 0 Å². The zero-order chi connectivity index (χ0) is 20.2. The average molecular weight is 386 g/mol. The molecule has 30 heavy (non-hydrogen) atoms. The molecule has 0 atom stereocenters. The van der Waals surface area contributed by atoms with Gasteiger partial charge in [0.1, 0.15) is 5.54 Å². The van der Waals surface area contributed by atoms with Gasteiger partial charge in [-0.3, -0.25) is 0 Å². The van der Waals surface area contributed by atoms with Crippen molar-refractivity contribution in [2.45, 2.75) is 5.54 Å². The van der Waals surface area contributed by atoms with Crippen molar-refractivity contribution in [1.82, 2.24) is 0 Å². The number of anilines is 1. The third-order valence-electron chi connectivity index (χ3n) is 5.70. The maximum absolute atomic E-state index is 3.93. The Bertz CT molecular complexity index is 1150. The summed E-state index contributed by atoms with van der Waals surface area (Å²) in [6, 6.07) is 47.2. The fourth-order valence-corrected chi connectivity index (χ4v) is 4.26. The quantitative estimate of drug-likeness (QED) is 0.314. The third kappa shape index (κ3) is 3.25. The molecular weight excluding hydrogens is 362 g/mol. The van der Waals surface area contributed by atoms with Gasteiger partial charge in [-0.15, -0.1) is 0 Å². The Balaban J connectivity index is 1.76. The summed E-state index contributed by atoms with van der Waals surface area (Å²) in [4.78, 5) is 0. The van der Waals surface area contributed by atoms with Crippen LogP contribution in [0.5, 0.6) is 0 Å². The van der Waals surface area contributed by atoms with E-state index >= 15 is 0 Å². The van der Waals surface area contributed by atoms with E-state index in [-0.39, 0.29) is 0 Å². The minimum absolute atomic E-state index is 0.508. The van der Waals surface area contributed by atoms with E-state index in [2.05, 4.69) is 139 Å². The van der Waals surface area contributed by atoms with Gasteiger partial charge in [-0.1, -0.05) is 121 Å². The number of rotatable bonds is 5. The lowest BCUT2D eigenvalue weighted by Crippen LogP contribution is -2.38. The standard InChI is InChI=1S/C29H23N/c1-4-14-25(15-5-1)29(26-16-6-2-7-17-26,27-18-8-3-9-19-27)30-28-21-20-23-12-10-11-13-24(23)22-28/h1-22,30H. The Morgan fingerprint density at radius 1 is 0.400 bits per heavy atom. The van der Waals surface area contributed by atoms with Crippen LogP contribution in [0.2, 0.25) is 0 Å². The summed E-state index contributed by atoms with van der Waals surface area (Å²) in [6.07, 6.45) is 0. The molecule has 0 aliphatic heterocycles. The van der Waals surface area contributed by atoms with Gasteiger partial charge in [0, 0.05) is 5.69 Å². The van der Waals surface area contributed by atoms with Gasteiger partial charge in [0.15, 0.2) is 0 Å². The summed E-state index contributed by atoms with van der Waals surface area (Å²) in [7, 11) is 0. The zero-order valence-electron chi connectivity index (χ0n) is 16.7. The highest BCUT2D eigenvalue weighted by atomic mass is 15.0. The molecule has 0 aliphatic carbocycles. The lowest BCUT2D eigenvalue weighted by atomic mass is 9.76. The van der Waals surface area contributed by atoms with Crippen molar-refractivity contribution in [2.75, 3.05) is 5.32 Å². The Morgan fingerprint density at radius 2 is 0.833 bits per heavy atom. The molecule has 0 saturated heterocycles. The third-order valence-corrected chi connectivity index (χ3v) is 5.70. The van der Waals surface area contributed by atoms with E-state index in [4.69, 9.17) is 0 Å². The second kappa shape index (κ2) is 7.88. The number of benzene rings is 5. The molecule has 1 N–H and O–H groups in total. The van der Waals surface area contributed by atoms with Gasteiger partial charge in [-0.25, -0.2) is 0 Å². The van der Waals surface area contributed by atoms with Gasteiger partial charge in [0.25, 0.3) is 0 Å². The Labute approximate surface area is 177 Å². The van der Waals surface area contributed by atoms with Gasteiger partial charge < -0.3 is 5.32 Å². The molecule has 0 fully saturated rings. The fourth-order valence-electron chi connectivity index (χ4n) is 4.26. The largest absolute Gasteiger partial charge is 0.368 e. The van der Waals surface area contributed by atoms with Crippen LogP contribution >= 0.6 is 0 Å². The molecular formula is C29H23N. The smallest absolute Gasteiger partial charge is 0.114 e. The van der Waals surface area contributed by atoms with Gasteiger partial charge >= 0.3 is 0 Å². The summed E-state index contributed by atoms with van der Waals surface area (Å²) < 4.78 is 0. The maximum Gasteiger partial charge on any atom is 0.114 e. The number of hydrogen-bond donors (Lipinski definition) is 1. The molecule has 0 heterocycles. The van der Waals surface area contributed by atoms with E-state index < -0.39 is 5.54 Å². The SMILES string of the molecule is c1ccc(C(Nc2ccc3ccccc3c2)(c2ccccc2)c2ccccc2)cc1. The minimum atomic E-state index is -0.508. The first-order valence-electron chi connectivity index (χ1n) is 10.3. The Morgan fingerprint density at radius 3 is 1.33 bits per heavy atom. The lowest BCUT2D eigenvalue weighted by molar-refractivity contribution is 0.712. The molecule has 0 bridgehead atoms. The fraction of sp³-hybridized carbons (Fsp3) is 0.0345. The number of hydrogen-bond acceptors (Lipinski definition) is 1. The number of fused-ring (bicyclic) bond motifs is 1. The summed E-state index contributed by atoms with van der Waals surface area (Å²) >= 11 is 0. The minimum Gasteiger partial charge on any atom is -0.368 e. The van der Waals surface area contributed by atoms with Crippen LogP contribution < -0.4 is 5.32 Å². The molecule has 0 unspecified atom stereocenters. The van der Waals surface area contributed by atoms with Crippen molar-refractivity contribution in [3.05, 3.63) is 150 Å². The van der Waals surface area contributed by atoms with E-state index in [9.17, 15) is 0 Å². The van der Waals surface area contributed by atoms with Crippen LogP contribution in [-0.4, -0.2) is 0 Å². The number of nitrogens with one attached hydrogen (secondary N) is 1. The first kappa shape index (κ1) is 18.2. The Hall–Kier alpha value is -3.84. The van der Waals surface area contributed by atoms with Gasteiger partial charge in [-0.05, 0) is 39.6 Å². The van der Waals surface area contributed by atoms with Crippen LogP contribution in [0.15, 0.2) is 133 Å². The topological polar surface area (TPSA) is 12.0 Å². The molecule has 0 saturated carbocycles. The first-order valence-corrected chi connectivity index (χ1v) is 10.3. The van der Waals surface area contributed by atoms with Crippen LogP contribution in [0, 0.1) is 0 Å². The molecule has 144 valence electrons. The first-order chi connectivity index (χ1) is 14.9. The van der Waals surface area contributed by atoms with Crippen LogP contribution in [0.25, 0.3) is 10.8 Å². The van der Waals surface area contributed by atoms with Crippen LogP contribution in [0.4, 0.5) is 5.69 Å². The Kier molecular flexibility index (Phi) is 4.78. The predicted octanol–water partition coefficient (Wildman–Crippen LogP) is 7.24. The van der Waals surface area contributed by atoms with Crippen molar-refractivity contribution in [1.29, 1.82) is 0 Å². The van der Waals surface area contributed by atoms with Gasteiger partial charge in [0.05, 0.1) is 0 Å². The summed E-state index contributed by atoms with van der Waals surface area (Å²) in [5, 5.41) is 6.40. The van der Waals surface area contributed by atoms with E-state index in [1.54, 1.807) is 0 Å². The second-order valence-electron chi connectivity index (χ2n) is 7.54. The molecule has 0 amide bonds. The highest BCUT2D eigenvalue weighted by Crippen LogP contribution is 2.40. The van der Waals surface area contributed by atoms with E-state index in [1.165, 1.54) is 27.5 Å². The molecule has 1 heteroatoms. The van der Waals surface area contributed by atoms with Gasteiger partial charge in [-0.2, -0.15) is 0 Å². The molecule has 5 rings (SSSR count). The van der Waals surface area contributed by atoms with Crippen LogP contribution in [0.3, 0.4) is 0 Å². The summed E-state index contributed by atoms with van der Waals surface area (Å²) in [5.41, 5.74) is 4.19. The van der Waals surface area contributed by atoms with Crippen molar-refractivity contribution in [3.8, 4) is 0 Å². The molecule has 5 aromatic rings. The van der Waals surface area contributed by atoms with Crippen molar-refractivity contribution in [2.24, 2.45) is 0 Å². The van der Waals surface area contributed by atoms with E-state index in [1.807, 2.05) is 0 Å². The predicted molar refractivity (Wildman–Crippen MR) is 127 cm³/mol. The molecule has 5 aromatic carbocycles. The van der Waals surface area contributed by atoms with Crippen LogP contribution in [-0.2, 0) is 5.54 Å². The molecule has 0 aromatic heterocycles. The average Bonchev–Trinajstić information content (AvgIpc) is 2.84. The second-order valence-corrected chi connectivity index (χ2v) is 7.54. The van der Waals surface area contributed by atoms with Gasteiger partial charge in [0.2, 0.25) is 0 Å². The van der Waals surface area contributed by atoms with E-state index in [0.29, 0.717) is 0 Å². The lowest BCUT2D eigenvalue weighted by Gasteiger charge is -2.38. The van der Waals surface area contributed by atoms with E-state index in [0.717, 1.165) is 5.69 Å². The highest BCUT2D eigenvalue weighted by Gasteiger charge is 2.36. The highest BCUT2D eigenvalue weighted by molar-refractivity contribution is 5.86. The van der Waals surface area contributed by atoms with Crippen LogP contribution in [0.1, 0.15) is 16.7 Å². The molecule has 0 radical (unpaired) electrons. The monoisotopic (exact) mass is 385 g/mol. The molecule has 0 spiro atoms. The summed E-state index contributed by atoms with van der Waals surface area (Å²) in [6.45, 7) is 0. The summed E-state index contributed by atoms with van der Waals surface area (Å²) in [5.74, 6) is 0.